The third kappa shape index (κ3) is 3.23. The Bertz CT molecular complexity index is 124. The van der Waals surface area contributed by atoms with Gasteiger partial charge in [0.1, 0.15) is 0 Å². The van der Waals surface area contributed by atoms with Gasteiger partial charge in [-0.05, 0) is 0 Å². The second kappa shape index (κ2) is 5.69. The molecule has 78 valence electrons. The van der Waals surface area contributed by atoms with Crippen LogP contribution in [0, 0.1) is 0 Å². The Balaban J connectivity index is 1.93. The van der Waals surface area contributed by atoms with E-state index in [2.05, 4.69) is 0 Å². The van der Waals surface area contributed by atoms with Gasteiger partial charge in [-0.1, -0.05) is 0 Å². The third-order valence-corrected chi connectivity index (χ3v) is 1.77. The minimum atomic E-state index is -0.638. The maximum absolute atomic E-state index is 5.26. The van der Waals surface area contributed by atoms with E-state index < -0.39 is 14.6 Å². The fourth-order valence-electron chi connectivity index (χ4n) is 1.15. The first kappa shape index (κ1) is 10.4. The van der Waals surface area contributed by atoms with Gasteiger partial charge in [0.15, 0.2) is 0 Å². The summed E-state index contributed by atoms with van der Waals surface area (Å²) in [7, 11) is -1.28. The van der Waals surface area contributed by atoms with Crippen molar-refractivity contribution in [3.8, 4) is 0 Å². The van der Waals surface area contributed by atoms with E-state index in [4.69, 9.17) is 27.9 Å². The van der Waals surface area contributed by atoms with Gasteiger partial charge >= 0.3 is 14.6 Å². The van der Waals surface area contributed by atoms with Crippen LogP contribution in [0.4, 0.5) is 0 Å². The molecule has 0 aromatic heterocycles. The summed E-state index contributed by atoms with van der Waals surface area (Å²) in [5, 5.41) is 0. The minimum Gasteiger partial charge on any atom is -0.384 e. The standard InChI is InChI=1S/C6H12B2O6/c1-2-10-8-13-5-3-11-7(9-1)12-4-6-14-8/h1-6H2. The van der Waals surface area contributed by atoms with Gasteiger partial charge in [0.05, 0.1) is 39.6 Å². The van der Waals surface area contributed by atoms with E-state index in [0.717, 1.165) is 0 Å². The van der Waals surface area contributed by atoms with Gasteiger partial charge in [-0.3, -0.25) is 0 Å². The predicted octanol–water partition coefficient (Wildman–Crippen LogP) is -0.917. The lowest BCUT2D eigenvalue weighted by Crippen LogP contribution is -2.39. The lowest BCUT2D eigenvalue weighted by molar-refractivity contribution is -0.00405. The summed E-state index contributed by atoms with van der Waals surface area (Å²) < 4.78 is 31.6. The molecule has 3 aliphatic rings. The second-order valence-electron chi connectivity index (χ2n) is 2.80. The van der Waals surface area contributed by atoms with Crippen molar-refractivity contribution in [3.05, 3.63) is 0 Å². The van der Waals surface area contributed by atoms with Crippen LogP contribution in [0.1, 0.15) is 0 Å². The molecule has 0 radical (unpaired) electrons. The lowest BCUT2D eigenvalue weighted by atomic mass is 10.2. The lowest BCUT2D eigenvalue weighted by Gasteiger charge is -2.22. The maximum Gasteiger partial charge on any atom is 0.639 e. The van der Waals surface area contributed by atoms with E-state index in [1.807, 2.05) is 0 Å². The first-order valence-corrected chi connectivity index (χ1v) is 4.65. The Labute approximate surface area is 83.1 Å². The van der Waals surface area contributed by atoms with Crippen molar-refractivity contribution < 1.29 is 27.9 Å². The Hall–Kier alpha value is -0.110. The van der Waals surface area contributed by atoms with Crippen LogP contribution in [0.5, 0.6) is 0 Å². The summed E-state index contributed by atoms with van der Waals surface area (Å²) in [6, 6.07) is 0. The first-order valence-electron chi connectivity index (χ1n) is 4.65. The second-order valence-corrected chi connectivity index (χ2v) is 2.80. The first-order chi connectivity index (χ1) is 6.95. The molecule has 0 atom stereocenters. The van der Waals surface area contributed by atoms with Crippen molar-refractivity contribution in [2.75, 3.05) is 39.6 Å². The smallest absolute Gasteiger partial charge is 0.384 e. The third-order valence-electron chi connectivity index (χ3n) is 1.77. The van der Waals surface area contributed by atoms with Crippen molar-refractivity contribution in [2.45, 2.75) is 0 Å². The maximum atomic E-state index is 5.26. The van der Waals surface area contributed by atoms with Crippen LogP contribution < -0.4 is 0 Å². The van der Waals surface area contributed by atoms with Crippen molar-refractivity contribution in [3.63, 3.8) is 0 Å². The van der Waals surface area contributed by atoms with Gasteiger partial charge in [0.2, 0.25) is 0 Å². The monoisotopic (exact) mass is 202 g/mol. The average molecular weight is 202 g/mol. The number of fused-ring (bicyclic) bond motifs is 9. The van der Waals surface area contributed by atoms with E-state index in [9.17, 15) is 0 Å². The molecule has 3 heterocycles. The van der Waals surface area contributed by atoms with Gasteiger partial charge in [-0.15, -0.1) is 0 Å². The van der Waals surface area contributed by atoms with Crippen LogP contribution in [0.2, 0.25) is 0 Å². The molecular formula is C6H12B2O6. The summed E-state index contributed by atoms with van der Waals surface area (Å²) in [5.41, 5.74) is 0. The SMILES string of the molecule is C1COB2OCCOB(O1)OCCO2. The highest BCUT2D eigenvalue weighted by Gasteiger charge is 2.28. The number of hydrogen-bond acceptors (Lipinski definition) is 6. The minimum absolute atomic E-state index is 0.397. The van der Waals surface area contributed by atoms with Gasteiger partial charge in [-0.2, -0.15) is 0 Å². The fraction of sp³-hybridized carbons (Fsp3) is 1.00. The Kier molecular flexibility index (Phi) is 4.23. The molecule has 0 saturated carbocycles. The predicted molar refractivity (Wildman–Crippen MR) is 47.2 cm³/mol. The number of hydrogen-bond donors (Lipinski definition) is 0. The molecule has 0 aromatic rings. The van der Waals surface area contributed by atoms with Gasteiger partial charge in [0, 0.05) is 0 Å². The Morgan fingerprint density at radius 1 is 0.429 bits per heavy atom. The van der Waals surface area contributed by atoms with E-state index in [-0.39, 0.29) is 0 Å². The zero-order chi connectivity index (χ0) is 9.64. The highest BCUT2D eigenvalue weighted by molar-refractivity contribution is 6.37. The molecule has 14 heavy (non-hydrogen) atoms. The molecule has 0 amide bonds. The van der Waals surface area contributed by atoms with Gasteiger partial charge in [0.25, 0.3) is 0 Å². The van der Waals surface area contributed by atoms with Crippen LogP contribution in [-0.4, -0.2) is 54.3 Å². The normalized spacial score (nSPS) is 25.7. The van der Waals surface area contributed by atoms with Crippen molar-refractivity contribution in [2.24, 2.45) is 0 Å². The van der Waals surface area contributed by atoms with E-state index in [1.54, 1.807) is 0 Å². The summed E-state index contributed by atoms with van der Waals surface area (Å²) in [6.45, 7) is 2.38. The number of rotatable bonds is 0. The van der Waals surface area contributed by atoms with Gasteiger partial charge in [-0.25, -0.2) is 0 Å². The van der Waals surface area contributed by atoms with Crippen LogP contribution in [0.25, 0.3) is 0 Å². The van der Waals surface area contributed by atoms with Crippen molar-refractivity contribution in [1.82, 2.24) is 0 Å². The van der Waals surface area contributed by atoms with Crippen molar-refractivity contribution in [1.29, 1.82) is 0 Å². The molecular weight excluding hydrogens is 190 g/mol. The summed E-state index contributed by atoms with van der Waals surface area (Å²) in [4.78, 5) is 0. The topological polar surface area (TPSA) is 55.4 Å². The molecule has 0 spiro atoms. The highest BCUT2D eigenvalue weighted by Crippen LogP contribution is 2.02. The molecule has 0 aromatic carbocycles. The zero-order valence-corrected chi connectivity index (χ0v) is 7.85. The van der Waals surface area contributed by atoms with Crippen LogP contribution in [0.3, 0.4) is 0 Å². The molecule has 6 nitrogen and oxygen atoms in total. The zero-order valence-electron chi connectivity index (χ0n) is 7.85. The molecule has 0 N–H and O–H groups in total. The molecule has 0 aliphatic carbocycles. The molecule has 3 rings (SSSR count). The molecule has 3 saturated heterocycles. The van der Waals surface area contributed by atoms with Crippen LogP contribution in [-0.2, 0) is 27.9 Å². The molecule has 3 fully saturated rings. The van der Waals surface area contributed by atoms with Crippen molar-refractivity contribution >= 4 is 14.6 Å². The van der Waals surface area contributed by atoms with Crippen LogP contribution in [0.15, 0.2) is 0 Å². The Morgan fingerprint density at radius 3 is 0.857 bits per heavy atom. The highest BCUT2D eigenvalue weighted by atomic mass is 16.8. The van der Waals surface area contributed by atoms with E-state index in [1.165, 1.54) is 0 Å². The Morgan fingerprint density at radius 2 is 0.643 bits per heavy atom. The molecule has 2 bridgehead atoms. The molecule has 8 heteroatoms. The van der Waals surface area contributed by atoms with E-state index in [0.29, 0.717) is 39.6 Å². The molecule has 3 aliphatic heterocycles. The summed E-state index contributed by atoms with van der Waals surface area (Å²) >= 11 is 0. The van der Waals surface area contributed by atoms with Gasteiger partial charge < -0.3 is 27.9 Å². The quantitative estimate of drug-likeness (QED) is 0.473. The average Bonchev–Trinajstić information content (AvgIpc) is 2.25. The fourth-order valence-corrected chi connectivity index (χ4v) is 1.15. The molecule has 0 unspecified atom stereocenters. The van der Waals surface area contributed by atoms with E-state index >= 15 is 0 Å². The summed E-state index contributed by atoms with van der Waals surface area (Å²) in [5.74, 6) is 0. The van der Waals surface area contributed by atoms with Crippen LogP contribution >= 0.6 is 0 Å². The largest absolute Gasteiger partial charge is 0.639 e. The summed E-state index contributed by atoms with van der Waals surface area (Å²) in [6.07, 6.45) is 0.